The van der Waals surface area contributed by atoms with Gasteiger partial charge in [0, 0.05) is 4.75 Å². The summed E-state index contributed by atoms with van der Waals surface area (Å²) in [5.41, 5.74) is 0. The molecule has 1 heterocycles. The van der Waals surface area contributed by atoms with Crippen LogP contribution in [0.15, 0.2) is 12.2 Å². The van der Waals surface area contributed by atoms with Crippen molar-refractivity contribution >= 4 is 11.8 Å². The average molecular weight is 270 g/mol. The van der Waals surface area contributed by atoms with E-state index in [9.17, 15) is 10.2 Å². The molecular weight excluding hydrogens is 244 g/mol. The van der Waals surface area contributed by atoms with Crippen LogP contribution in [0.3, 0.4) is 0 Å². The van der Waals surface area contributed by atoms with E-state index in [2.05, 4.69) is 13.0 Å². The number of thioether (sulfide) groups is 1. The van der Waals surface area contributed by atoms with Crippen LogP contribution >= 0.6 is 11.8 Å². The van der Waals surface area contributed by atoms with Crippen molar-refractivity contribution in [3.63, 3.8) is 0 Å². The minimum absolute atomic E-state index is 0.130. The van der Waals surface area contributed by atoms with Crippen LogP contribution in [0.5, 0.6) is 0 Å². The average Bonchev–Trinajstić information content (AvgIpc) is 2.83. The normalized spacial score (nSPS) is 37.3. The summed E-state index contributed by atoms with van der Waals surface area (Å²) in [6.45, 7) is 2.18. The maximum Gasteiger partial charge on any atom is 0.0721 e. The minimum atomic E-state index is -0.300. The van der Waals surface area contributed by atoms with Crippen LogP contribution in [-0.2, 0) is 0 Å². The van der Waals surface area contributed by atoms with Crippen LogP contribution in [-0.4, -0.2) is 32.9 Å². The van der Waals surface area contributed by atoms with Crippen molar-refractivity contribution in [1.82, 2.24) is 0 Å². The van der Waals surface area contributed by atoms with Crippen LogP contribution < -0.4 is 0 Å². The Bertz CT molecular complexity index is 292. The molecule has 0 aromatic rings. The minimum Gasteiger partial charge on any atom is -0.393 e. The summed E-state index contributed by atoms with van der Waals surface area (Å²) in [6.07, 6.45) is 11.2. The van der Waals surface area contributed by atoms with Crippen LogP contribution in [0.4, 0.5) is 0 Å². The number of aliphatic hydroxyl groups is 2. The molecule has 18 heavy (non-hydrogen) atoms. The largest absolute Gasteiger partial charge is 0.393 e. The first kappa shape index (κ1) is 14.4. The molecule has 2 rings (SSSR count). The fourth-order valence-electron chi connectivity index (χ4n) is 3.30. The Morgan fingerprint density at radius 2 is 2.28 bits per heavy atom. The molecule has 3 unspecified atom stereocenters. The molecule has 0 aromatic heterocycles. The molecule has 3 heteroatoms. The molecule has 4 atom stereocenters. The van der Waals surface area contributed by atoms with Crippen LogP contribution in [0, 0.1) is 5.92 Å². The summed E-state index contributed by atoms with van der Waals surface area (Å²) >= 11 is 1.98. The molecule has 1 aliphatic carbocycles. The second-order valence-electron chi connectivity index (χ2n) is 5.80. The van der Waals surface area contributed by atoms with E-state index < -0.39 is 0 Å². The highest BCUT2D eigenvalue weighted by Crippen LogP contribution is 2.54. The lowest BCUT2D eigenvalue weighted by molar-refractivity contribution is 0.176. The number of hydrogen-bond acceptors (Lipinski definition) is 3. The molecule has 2 nitrogen and oxygen atoms in total. The first-order chi connectivity index (χ1) is 8.66. The topological polar surface area (TPSA) is 40.5 Å². The fourth-order valence-corrected chi connectivity index (χ4v) is 5.02. The van der Waals surface area contributed by atoms with E-state index in [1.165, 1.54) is 25.0 Å². The van der Waals surface area contributed by atoms with Gasteiger partial charge in [0.25, 0.3) is 0 Å². The molecule has 0 aromatic carbocycles. The van der Waals surface area contributed by atoms with Crippen LogP contribution in [0.1, 0.15) is 51.9 Å². The van der Waals surface area contributed by atoms with Gasteiger partial charge in [-0.15, -0.1) is 0 Å². The molecule has 2 fully saturated rings. The summed E-state index contributed by atoms with van der Waals surface area (Å²) in [7, 11) is 0. The second-order valence-corrected chi connectivity index (χ2v) is 7.26. The summed E-state index contributed by atoms with van der Waals surface area (Å²) in [6, 6.07) is 0. The monoisotopic (exact) mass is 270 g/mol. The molecule has 0 amide bonds. The predicted octanol–water partition coefficient (Wildman–Crippen LogP) is 3.13. The van der Waals surface area contributed by atoms with E-state index in [1.54, 1.807) is 0 Å². The highest BCUT2D eigenvalue weighted by atomic mass is 32.2. The van der Waals surface area contributed by atoms with E-state index in [0.717, 1.165) is 25.7 Å². The highest BCUT2D eigenvalue weighted by molar-refractivity contribution is 8.01. The second kappa shape index (κ2) is 6.44. The lowest BCUT2D eigenvalue weighted by atomic mass is 9.92. The van der Waals surface area contributed by atoms with Gasteiger partial charge in [0.1, 0.15) is 0 Å². The molecule has 0 spiro atoms. The fraction of sp³-hybridized carbons (Fsp3) is 0.867. The zero-order chi connectivity index (χ0) is 13.0. The Kier molecular flexibility index (Phi) is 5.16. The number of unbranched alkanes of at least 4 members (excludes halogenated alkanes) is 2. The van der Waals surface area contributed by atoms with Crippen molar-refractivity contribution in [3.05, 3.63) is 12.2 Å². The van der Waals surface area contributed by atoms with Crippen molar-refractivity contribution in [3.8, 4) is 0 Å². The van der Waals surface area contributed by atoms with Crippen LogP contribution in [0.2, 0.25) is 0 Å². The number of rotatable bonds is 6. The molecular formula is C15H26O2S. The number of aliphatic hydroxyl groups excluding tert-OH is 2. The zero-order valence-electron chi connectivity index (χ0n) is 11.3. The van der Waals surface area contributed by atoms with Gasteiger partial charge in [-0.05, 0) is 37.4 Å². The van der Waals surface area contributed by atoms with Gasteiger partial charge in [0.2, 0.25) is 0 Å². The Morgan fingerprint density at radius 1 is 1.44 bits per heavy atom. The third kappa shape index (κ3) is 3.31. The Hall–Kier alpha value is 0.01000. The van der Waals surface area contributed by atoms with E-state index in [-0.39, 0.29) is 17.0 Å². The van der Waals surface area contributed by atoms with Crippen LogP contribution in [0.25, 0.3) is 0 Å². The van der Waals surface area contributed by atoms with E-state index in [1.807, 2.05) is 17.8 Å². The third-order valence-corrected chi connectivity index (χ3v) is 5.96. The van der Waals surface area contributed by atoms with Crippen molar-refractivity contribution in [2.75, 3.05) is 5.75 Å². The van der Waals surface area contributed by atoms with Gasteiger partial charge in [0.15, 0.2) is 0 Å². The first-order valence-electron chi connectivity index (χ1n) is 7.36. The van der Waals surface area contributed by atoms with Gasteiger partial charge in [-0.3, -0.25) is 0 Å². The van der Waals surface area contributed by atoms with Crippen molar-refractivity contribution in [1.29, 1.82) is 0 Å². The first-order valence-corrected chi connectivity index (χ1v) is 8.34. The standard InChI is InChI=1S/C15H26O2S/c1-2-3-4-5-13(16)6-8-15-11-14(17)10-12(15)7-9-18-15/h6,8,12-14,16-17H,2-5,7,9-11H2,1H3/b8-6+/t12?,13-,14?,15?/m0/s1. The Labute approximate surface area is 115 Å². The van der Waals surface area contributed by atoms with Gasteiger partial charge in [-0.1, -0.05) is 38.3 Å². The molecule has 104 valence electrons. The number of fused-ring (bicyclic) bond motifs is 1. The van der Waals surface area contributed by atoms with E-state index in [4.69, 9.17) is 0 Å². The number of hydrogen-bond donors (Lipinski definition) is 2. The maximum absolute atomic E-state index is 9.96. The lowest BCUT2D eigenvalue weighted by Crippen LogP contribution is -2.23. The quantitative estimate of drug-likeness (QED) is 0.575. The summed E-state index contributed by atoms with van der Waals surface area (Å²) < 4.78 is 0.130. The van der Waals surface area contributed by atoms with Crippen molar-refractivity contribution in [2.24, 2.45) is 5.92 Å². The summed E-state index contributed by atoms with van der Waals surface area (Å²) in [4.78, 5) is 0. The maximum atomic E-state index is 9.96. The van der Waals surface area contributed by atoms with Gasteiger partial charge in [-0.2, -0.15) is 11.8 Å². The smallest absolute Gasteiger partial charge is 0.0721 e. The Morgan fingerprint density at radius 3 is 3.06 bits per heavy atom. The molecule has 2 N–H and O–H groups in total. The van der Waals surface area contributed by atoms with Gasteiger partial charge < -0.3 is 10.2 Å². The predicted molar refractivity (Wildman–Crippen MR) is 77.8 cm³/mol. The van der Waals surface area contributed by atoms with Crippen molar-refractivity contribution < 1.29 is 10.2 Å². The summed E-state index contributed by atoms with van der Waals surface area (Å²) in [5.74, 6) is 1.82. The van der Waals surface area contributed by atoms with Gasteiger partial charge in [-0.25, -0.2) is 0 Å². The molecule has 1 saturated heterocycles. The highest BCUT2D eigenvalue weighted by Gasteiger charge is 2.48. The molecule has 0 radical (unpaired) electrons. The van der Waals surface area contributed by atoms with Gasteiger partial charge >= 0.3 is 0 Å². The van der Waals surface area contributed by atoms with Gasteiger partial charge in [0.05, 0.1) is 12.2 Å². The zero-order valence-corrected chi connectivity index (χ0v) is 12.2. The lowest BCUT2D eigenvalue weighted by Gasteiger charge is -2.24. The van der Waals surface area contributed by atoms with E-state index >= 15 is 0 Å². The van der Waals surface area contributed by atoms with Crippen molar-refractivity contribution in [2.45, 2.75) is 68.8 Å². The molecule has 1 aliphatic heterocycles. The molecule has 0 bridgehead atoms. The molecule has 1 saturated carbocycles. The summed E-state index contributed by atoms with van der Waals surface area (Å²) in [5, 5.41) is 19.8. The van der Waals surface area contributed by atoms with E-state index in [0.29, 0.717) is 5.92 Å². The SMILES string of the molecule is CCCCC[C@H](O)/C=C/C12CC(O)CC1CCS2. The molecule has 2 aliphatic rings. The third-order valence-electron chi connectivity index (χ3n) is 4.34. The Balaban J connectivity index is 1.87.